The standard InChI is InChI=1S/C14H10N2O4/c1-19-11-7-15-6-5-8(11)13-16-10-4-2-3-9(14(17)18)12(10)20-13/h2-7H,1H3,(H,17,18). The Labute approximate surface area is 113 Å². The van der Waals surface area contributed by atoms with Crippen molar-refractivity contribution in [1.82, 2.24) is 9.97 Å². The van der Waals surface area contributed by atoms with E-state index in [0.29, 0.717) is 22.7 Å². The molecular formula is C14H10N2O4. The summed E-state index contributed by atoms with van der Waals surface area (Å²) in [6.07, 6.45) is 3.13. The molecule has 3 rings (SSSR count). The van der Waals surface area contributed by atoms with Crippen LogP contribution in [0.25, 0.3) is 22.6 Å². The average molecular weight is 270 g/mol. The number of aromatic nitrogens is 2. The molecule has 6 nitrogen and oxygen atoms in total. The molecule has 0 fully saturated rings. The third kappa shape index (κ3) is 1.87. The van der Waals surface area contributed by atoms with E-state index in [9.17, 15) is 4.79 Å². The highest BCUT2D eigenvalue weighted by atomic mass is 16.5. The van der Waals surface area contributed by atoms with Gasteiger partial charge in [0.2, 0.25) is 5.89 Å². The fourth-order valence-electron chi connectivity index (χ4n) is 1.95. The summed E-state index contributed by atoms with van der Waals surface area (Å²) in [6, 6.07) is 6.50. The molecule has 0 aliphatic carbocycles. The summed E-state index contributed by atoms with van der Waals surface area (Å²) in [7, 11) is 1.52. The molecule has 0 amide bonds. The van der Waals surface area contributed by atoms with Crippen molar-refractivity contribution in [3.63, 3.8) is 0 Å². The first-order valence-corrected chi connectivity index (χ1v) is 5.82. The van der Waals surface area contributed by atoms with Crippen molar-refractivity contribution in [3.8, 4) is 17.2 Å². The van der Waals surface area contributed by atoms with Crippen molar-refractivity contribution in [2.24, 2.45) is 0 Å². The quantitative estimate of drug-likeness (QED) is 0.787. The molecular weight excluding hydrogens is 260 g/mol. The van der Waals surface area contributed by atoms with Crippen LogP contribution >= 0.6 is 0 Å². The number of oxazole rings is 1. The zero-order chi connectivity index (χ0) is 14.1. The van der Waals surface area contributed by atoms with Gasteiger partial charge in [0.1, 0.15) is 16.8 Å². The van der Waals surface area contributed by atoms with Crippen molar-refractivity contribution >= 4 is 17.1 Å². The number of methoxy groups -OCH3 is 1. The van der Waals surface area contributed by atoms with E-state index >= 15 is 0 Å². The predicted molar refractivity (Wildman–Crippen MR) is 70.8 cm³/mol. The topological polar surface area (TPSA) is 85.5 Å². The number of ether oxygens (including phenoxy) is 1. The van der Waals surface area contributed by atoms with Crippen LogP contribution in [0.3, 0.4) is 0 Å². The molecule has 0 saturated carbocycles. The van der Waals surface area contributed by atoms with Gasteiger partial charge in [-0.15, -0.1) is 0 Å². The van der Waals surface area contributed by atoms with E-state index in [0.717, 1.165) is 0 Å². The van der Waals surface area contributed by atoms with Crippen LogP contribution in [0.15, 0.2) is 41.1 Å². The van der Waals surface area contributed by atoms with Crippen molar-refractivity contribution in [2.75, 3.05) is 7.11 Å². The number of aromatic carboxylic acids is 1. The summed E-state index contributed by atoms with van der Waals surface area (Å²) < 4.78 is 10.8. The summed E-state index contributed by atoms with van der Waals surface area (Å²) in [5, 5.41) is 9.14. The van der Waals surface area contributed by atoms with Crippen LogP contribution in [0.1, 0.15) is 10.4 Å². The fourth-order valence-corrected chi connectivity index (χ4v) is 1.95. The molecule has 100 valence electrons. The van der Waals surface area contributed by atoms with Gasteiger partial charge in [0.05, 0.1) is 18.9 Å². The van der Waals surface area contributed by atoms with Crippen LogP contribution in [0.5, 0.6) is 5.75 Å². The van der Waals surface area contributed by atoms with E-state index < -0.39 is 5.97 Å². The summed E-state index contributed by atoms with van der Waals surface area (Å²) in [6.45, 7) is 0. The normalized spacial score (nSPS) is 10.7. The number of rotatable bonds is 3. The van der Waals surface area contributed by atoms with Gasteiger partial charge in [-0.2, -0.15) is 0 Å². The largest absolute Gasteiger partial charge is 0.494 e. The third-order valence-electron chi connectivity index (χ3n) is 2.88. The molecule has 0 saturated heterocycles. The first-order valence-electron chi connectivity index (χ1n) is 5.82. The van der Waals surface area contributed by atoms with Gasteiger partial charge in [-0.1, -0.05) is 6.07 Å². The number of pyridine rings is 1. The van der Waals surface area contributed by atoms with Gasteiger partial charge < -0.3 is 14.3 Å². The number of hydrogen-bond donors (Lipinski definition) is 1. The number of benzene rings is 1. The number of nitrogens with zero attached hydrogens (tertiary/aromatic N) is 2. The SMILES string of the molecule is COc1cnccc1-c1nc2cccc(C(=O)O)c2o1. The first kappa shape index (κ1) is 12.2. The minimum Gasteiger partial charge on any atom is -0.494 e. The second-order valence-electron chi connectivity index (χ2n) is 4.05. The van der Waals surface area contributed by atoms with E-state index in [4.69, 9.17) is 14.3 Å². The Morgan fingerprint density at radius 1 is 1.35 bits per heavy atom. The molecule has 1 N–H and O–H groups in total. The van der Waals surface area contributed by atoms with Crippen LogP contribution in [-0.2, 0) is 0 Å². The molecule has 2 heterocycles. The van der Waals surface area contributed by atoms with Crippen LogP contribution in [0.2, 0.25) is 0 Å². The molecule has 3 aromatic rings. The number of hydrogen-bond acceptors (Lipinski definition) is 5. The van der Waals surface area contributed by atoms with Gasteiger partial charge in [-0.3, -0.25) is 4.98 Å². The fraction of sp³-hybridized carbons (Fsp3) is 0.0714. The second-order valence-corrected chi connectivity index (χ2v) is 4.05. The van der Waals surface area contributed by atoms with Gasteiger partial charge in [-0.05, 0) is 18.2 Å². The third-order valence-corrected chi connectivity index (χ3v) is 2.88. The number of carboxylic acid groups (broad SMARTS) is 1. The lowest BCUT2D eigenvalue weighted by Crippen LogP contribution is -1.95. The van der Waals surface area contributed by atoms with Crippen LogP contribution < -0.4 is 4.74 Å². The minimum absolute atomic E-state index is 0.0780. The Balaban J connectivity index is 2.23. The van der Waals surface area contributed by atoms with E-state index in [1.807, 2.05) is 0 Å². The lowest BCUT2D eigenvalue weighted by molar-refractivity contribution is 0.0698. The summed E-state index contributed by atoms with van der Waals surface area (Å²) in [4.78, 5) is 19.4. The van der Waals surface area contributed by atoms with E-state index in [1.54, 1.807) is 30.6 Å². The number of fused-ring (bicyclic) bond motifs is 1. The Morgan fingerprint density at radius 2 is 2.20 bits per heavy atom. The molecule has 20 heavy (non-hydrogen) atoms. The number of carboxylic acids is 1. The smallest absolute Gasteiger partial charge is 0.339 e. The number of carbonyl (C=O) groups is 1. The van der Waals surface area contributed by atoms with E-state index in [1.165, 1.54) is 13.2 Å². The Kier molecular flexibility index (Phi) is 2.83. The maximum Gasteiger partial charge on any atom is 0.339 e. The molecule has 0 spiro atoms. The molecule has 0 aliphatic heterocycles. The Bertz CT molecular complexity index is 795. The predicted octanol–water partition coefficient (Wildman–Crippen LogP) is 2.60. The molecule has 0 radical (unpaired) electrons. The minimum atomic E-state index is -1.06. The van der Waals surface area contributed by atoms with Gasteiger partial charge in [-0.25, -0.2) is 9.78 Å². The van der Waals surface area contributed by atoms with Crippen LogP contribution in [0.4, 0.5) is 0 Å². The van der Waals surface area contributed by atoms with Crippen molar-refractivity contribution in [2.45, 2.75) is 0 Å². The second kappa shape index (κ2) is 4.65. The lowest BCUT2D eigenvalue weighted by atomic mass is 10.2. The van der Waals surface area contributed by atoms with Gasteiger partial charge in [0.25, 0.3) is 0 Å². The van der Waals surface area contributed by atoms with Crippen LogP contribution in [0, 0.1) is 0 Å². The molecule has 2 aromatic heterocycles. The molecule has 6 heteroatoms. The molecule has 0 bridgehead atoms. The average Bonchev–Trinajstić information content (AvgIpc) is 2.90. The van der Waals surface area contributed by atoms with Crippen LogP contribution in [-0.4, -0.2) is 28.2 Å². The zero-order valence-corrected chi connectivity index (χ0v) is 10.5. The zero-order valence-electron chi connectivity index (χ0n) is 10.5. The molecule has 0 atom stereocenters. The summed E-state index contributed by atoms with van der Waals surface area (Å²) >= 11 is 0. The van der Waals surface area contributed by atoms with E-state index in [-0.39, 0.29) is 11.1 Å². The maximum atomic E-state index is 11.2. The molecule has 0 aliphatic rings. The summed E-state index contributed by atoms with van der Waals surface area (Å²) in [5.41, 5.74) is 1.43. The first-order chi connectivity index (χ1) is 9.70. The number of para-hydroxylation sites is 1. The van der Waals surface area contributed by atoms with Gasteiger partial charge >= 0.3 is 5.97 Å². The maximum absolute atomic E-state index is 11.2. The van der Waals surface area contributed by atoms with Crippen molar-refractivity contribution < 1.29 is 19.1 Å². The Morgan fingerprint density at radius 3 is 2.95 bits per heavy atom. The highest BCUT2D eigenvalue weighted by molar-refractivity contribution is 6.00. The monoisotopic (exact) mass is 270 g/mol. The van der Waals surface area contributed by atoms with Crippen molar-refractivity contribution in [1.29, 1.82) is 0 Å². The molecule has 1 aromatic carbocycles. The highest BCUT2D eigenvalue weighted by Gasteiger charge is 2.17. The molecule has 0 unspecified atom stereocenters. The van der Waals surface area contributed by atoms with Gasteiger partial charge in [0.15, 0.2) is 5.58 Å². The van der Waals surface area contributed by atoms with Gasteiger partial charge in [0, 0.05) is 6.20 Å². The Hall–Kier alpha value is -2.89. The highest BCUT2D eigenvalue weighted by Crippen LogP contribution is 2.31. The lowest BCUT2D eigenvalue weighted by Gasteiger charge is -2.02. The summed E-state index contributed by atoms with van der Waals surface area (Å²) in [5.74, 6) is -0.246. The van der Waals surface area contributed by atoms with Crippen molar-refractivity contribution in [3.05, 3.63) is 42.2 Å². The van der Waals surface area contributed by atoms with E-state index in [2.05, 4.69) is 9.97 Å².